The largest absolute Gasteiger partial charge is 0.471 e. The molecule has 1 fully saturated rings. The lowest BCUT2D eigenvalue weighted by Crippen LogP contribution is -2.36. The van der Waals surface area contributed by atoms with Crippen molar-refractivity contribution in [1.29, 1.82) is 0 Å². The summed E-state index contributed by atoms with van der Waals surface area (Å²) in [6.07, 6.45) is 0.259. The van der Waals surface area contributed by atoms with E-state index in [-0.39, 0.29) is 12.2 Å². The van der Waals surface area contributed by atoms with E-state index in [2.05, 4.69) is 10.2 Å². The smallest absolute Gasteiger partial charge is 0.410 e. The first-order valence-electron chi connectivity index (χ1n) is 7.89. The Morgan fingerprint density at radius 2 is 1.96 bits per heavy atom. The highest BCUT2D eigenvalue weighted by Crippen LogP contribution is 2.29. The van der Waals surface area contributed by atoms with Gasteiger partial charge >= 0.3 is 6.09 Å². The number of halogens is 1. The minimum atomic E-state index is -0.506. The second-order valence-corrected chi connectivity index (χ2v) is 7.15. The number of benzene rings is 1. The van der Waals surface area contributed by atoms with Gasteiger partial charge in [-0.2, -0.15) is 0 Å². The topological polar surface area (TPSA) is 64.5 Å². The van der Waals surface area contributed by atoms with Crippen LogP contribution in [-0.2, 0) is 4.74 Å². The molecule has 0 bridgehead atoms. The zero-order chi connectivity index (χ0) is 17.3. The minimum Gasteiger partial charge on any atom is -0.471 e. The van der Waals surface area contributed by atoms with Gasteiger partial charge in [0.15, 0.2) is 5.15 Å². The summed E-state index contributed by atoms with van der Waals surface area (Å²) < 4.78 is 11.4. The van der Waals surface area contributed by atoms with Gasteiger partial charge in [0.05, 0.1) is 6.54 Å². The van der Waals surface area contributed by atoms with Crippen LogP contribution in [0.3, 0.4) is 0 Å². The fraction of sp³-hybridized carbons (Fsp3) is 0.471. The van der Waals surface area contributed by atoms with Gasteiger partial charge < -0.3 is 14.4 Å². The third kappa shape index (κ3) is 3.70. The van der Waals surface area contributed by atoms with E-state index < -0.39 is 5.60 Å². The van der Waals surface area contributed by atoms with E-state index >= 15 is 0 Å². The van der Waals surface area contributed by atoms with Crippen LogP contribution in [0.25, 0.3) is 10.8 Å². The molecule has 1 amide bonds. The number of carbonyl (C=O) groups excluding carboxylic acids is 1. The van der Waals surface area contributed by atoms with Crippen LogP contribution in [0.2, 0.25) is 5.15 Å². The van der Waals surface area contributed by atoms with Crippen LogP contribution in [0, 0.1) is 0 Å². The number of carbonyl (C=O) groups is 1. The summed E-state index contributed by atoms with van der Waals surface area (Å²) in [5.41, 5.74) is -0.506. The lowest BCUT2D eigenvalue weighted by atomic mass is 10.2. The number of likely N-dealkylation sites (tertiary alicyclic amines) is 1. The Balaban J connectivity index is 1.70. The molecule has 0 spiro atoms. The summed E-state index contributed by atoms with van der Waals surface area (Å²) in [4.78, 5) is 13.8. The summed E-state index contributed by atoms with van der Waals surface area (Å²) in [5.74, 6) is 0.436. The molecule has 0 N–H and O–H groups in total. The van der Waals surface area contributed by atoms with Crippen LogP contribution in [0.15, 0.2) is 24.3 Å². The molecule has 24 heavy (non-hydrogen) atoms. The number of rotatable bonds is 2. The molecule has 128 valence electrons. The zero-order valence-corrected chi connectivity index (χ0v) is 14.7. The molecule has 1 aliphatic rings. The molecule has 1 unspecified atom stereocenters. The van der Waals surface area contributed by atoms with Crippen LogP contribution in [0.1, 0.15) is 27.2 Å². The first kappa shape index (κ1) is 16.8. The third-order valence-corrected chi connectivity index (χ3v) is 3.96. The Morgan fingerprint density at radius 1 is 1.25 bits per heavy atom. The number of hydrogen-bond donors (Lipinski definition) is 0. The predicted molar refractivity (Wildman–Crippen MR) is 91.4 cm³/mol. The summed E-state index contributed by atoms with van der Waals surface area (Å²) in [5, 5.41) is 9.96. The fourth-order valence-corrected chi connectivity index (χ4v) is 2.81. The molecule has 2 heterocycles. The second-order valence-electron chi connectivity index (χ2n) is 6.80. The summed E-state index contributed by atoms with van der Waals surface area (Å²) in [6.45, 7) is 6.62. The molecular weight excluding hydrogens is 330 g/mol. The molecule has 1 aromatic carbocycles. The Hall–Kier alpha value is -2.08. The van der Waals surface area contributed by atoms with Crippen LogP contribution in [0.4, 0.5) is 4.79 Å². The second kappa shape index (κ2) is 6.43. The van der Waals surface area contributed by atoms with Gasteiger partial charge in [-0.25, -0.2) is 4.79 Å². The van der Waals surface area contributed by atoms with E-state index in [4.69, 9.17) is 21.1 Å². The third-order valence-electron chi connectivity index (χ3n) is 3.68. The summed E-state index contributed by atoms with van der Waals surface area (Å²) in [6, 6.07) is 7.56. The van der Waals surface area contributed by atoms with Gasteiger partial charge in [-0.1, -0.05) is 29.8 Å². The van der Waals surface area contributed by atoms with E-state index in [0.29, 0.717) is 24.1 Å². The monoisotopic (exact) mass is 349 g/mol. The van der Waals surface area contributed by atoms with Crippen molar-refractivity contribution >= 4 is 28.5 Å². The number of fused-ring (bicyclic) bond motifs is 1. The van der Waals surface area contributed by atoms with Crippen molar-refractivity contribution in [3.05, 3.63) is 29.4 Å². The molecule has 1 aromatic heterocycles. The van der Waals surface area contributed by atoms with Crippen molar-refractivity contribution in [1.82, 2.24) is 15.1 Å². The number of ether oxygens (including phenoxy) is 2. The highest BCUT2D eigenvalue weighted by atomic mass is 35.5. The summed E-state index contributed by atoms with van der Waals surface area (Å²) in [7, 11) is 0. The van der Waals surface area contributed by atoms with Crippen molar-refractivity contribution in [3.63, 3.8) is 0 Å². The highest BCUT2D eigenvalue weighted by Gasteiger charge is 2.31. The van der Waals surface area contributed by atoms with E-state index in [1.807, 2.05) is 45.0 Å². The van der Waals surface area contributed by atoms with E-state index in [1.54, 1.807) is 4.90 Å². The molecular formula is C17H20ClN3O3. The van der Waals surface area contributed by atoms with Crippen LogP contribution >= 0.6 is 11.6 Å². The van der Waals surface area contributed by atoms with Crippen molar-refractivity contribution in [3.8, 4) is 5.88 Å². The molecule has 3 rings (SSSR count). The lowest BCUT2D eigenvalue weighted by molar-refractivity contribution is 0.0275. The van der Waals surface area contributed by atoms with Crippen molar-refractivity contribution in [2.45, 2.75) is 38.9 Å². The first-order chi connectivity index (χ1) is 11.3. The Bertz CT molecular complexity index is 760. The molecule has 0 radical (unpaired) electrons. The quantitative estimate of drug-likeness (QED) is 0.827. The van der Waals surface area contributed by atoms with Gasteiger partial charge in [-0.15, -0.1) is 10.2 Å². The SMILES string of the molecule is CC(C)(C)OC(=O)N1CCC(Oc2nnc(Cl)c3ccccc23)C1. The molecule has 1 saturated heterocycles. The van der Waals surface area contributed by atoms with E-state index in [0.717, 1.165) is 17.2 Å². The summed E-state index contributed by atoms with van der Waals surface area (Å²) >= 11 is 6.07. The average molecular weight is 350 g/mol. The maximum atomic E-state index is 12.1. The standard InChI is InChI=1S/C17H20ClN3O3/c1-17(2,3)24-16(22)21-9-8-11(10-21)23-15-13-7-5-4-6-12(13)14(18)19-20-15/h4-7,11H,8-10H2,1-3H3. The maximum Gasteiger partial charge on any atom is 0.410 e. The molecule has 2 aromatic rings. The Kier molecular flexibility index (Phi) is 4.49. The normalized spacial score (nSPS) is 18.0. The van der Waals surface area contributed by atoms with Gasteiger partial charge in [0.25, 0.3) is 0 Å². The fourth-order valence-electron chi connectivity index (χ4n) is 2.61. The molecule has 0 saturated carbocycles. The number of nitrogens with zero attached hydrogens (tertiary/aromatic N) is 3. The average Bonchev–Trinajstić information content (AvgIpc) is 2.98. The molecule has 7 heteroatoms. The number of amides is 1. The van der Waals surface area contributed by atoms with Crippen molar-refractivity contribution < 1.29 is 14.3 Å². The van der Waals surface area contributed by atoms with Crippen LogP contribution in [0.5, 0.6) is 5.88 Å². The van der Waals surface area contributed by atoms with E-state index in [9.17, 15) is 4.79 Å². The number of aromatic nitrogens is 2. The molecule has 1 aliphatic heterocycles. The maximum absolute atomic E-state index is 12.1. The minimum absolute atomic E-state index is 0.142. The van der Waals surface area contributed by atoms with Gasteiger partial charge in [0.1, 0.15) is 11.7 Å². The zero-order valence-electron chi connectivity index (χ0n) is 14.0. The lowest BCUT2D eigenvalue weighted by Gasteiger charge is -2.24. The Morgan fingerprint density at radius 3 is 2.67 bits per heavy atom. The number of hydrogen-bond acceptors (Lipinski definition) is 5. The van der Waals surface area contributed by atoms with Crippen molar-refractivity contribution in [2.24, 2.45) is 0 Å². The van der Waals surface area contributed by atoms with Gasteiger partial charge in [0.2, 0.25) is 5.88 Å². The molecule has 1 atom stereocenters. The van der Waals surface area contributed by atoms with Crippen LogP contribution in [-0.4, -0.2) is 46.0 Å². The van der Waals surface area contributed by atoms with E-state index in [1.165, 1.54) is 0 Å². The molecule has 6 nitrogen and oxygen atoms in total. The molecule has 0 aliphatic carbocycles. The van der Waals surface area contributed by atoms with Gasteiger partial charge in [-0.05, 0) is 26.8 Å². The first-order valence-corrected chi connectivity index (χ1v) is 8.27. The van der Waals surface area contributed by atoms with Gasteiger partial charge in [-0.3, -0.25) is 0 Å². The van der Waals surface area contributed by atoms with Crippen LogP contribution < -0.4 is 4.74 Å². The Labute approximate surface area is 145 Å². The highest BCUT2D eigenvalue weighted by molar-refractivity contribution is 6.34. The van der Waals surface area contributed by atoms with Crippen molar-refractivity contribution in [2.75, 3.05) is 13.1 Å². The van der Waals surface area contributed by atoms with Gasteiger partial charge in [0, 0.05) is 23.7 Å². The predicted octanol–water partition coefficient (Wildman–Crippen LogP) is 3.67.